The van der Waals surface area contributed by atoms with Crippen LogP contribution in [0.4, 0.5) is 0 Å². The third-order valence-electron chi connectivity index (χ3n) is 2.66. The number of aryl methyl sites for hydroxylation is 1. The zero-order valence-electron chi connectivity index (χ0n) is 11.0. The fourth-order valence-corrected chi connectivity index (χ4v) is 1.70. The SMILES string of the molecule is CCc1ccc(-n2nnnc2CC=NNC(N)=S)cc1. The number of hydrogen-bond donors (Lipinski definition) is 2. The van der Waals surface area contributed by atoms with Crippen LogP contribution in [0.1, 0.15) is 18.3 Å². The molecular weight excluding hydrogens is 274 g/mol. The van der Waals surface area contributed by atoms with Crippen LogP contribution in [-0.4, -0.2) is 31.5 Å². The summed E-state index contributed by atoms with van der Waals surface area (Å²) in [6.07, 6.45) is 3.08. The third-order valence-corrected chi connectivity index (χ3v) is 2.75. The lowest BCUT2D eigenvalue weighted by atomic mass is 10.1. The van der Waals surface area contributed by atoms with Crippen molar-refractivity contribution in [1.82, 2.24) is 25.6 Å². The predicted molar refractivity (Wildman–Crippen MR) is 80.6 cm³/mol. The van der Waals surface area contributed by atoms with Gasteiger partial charge >= 0.3 is 0 Å². The highest BCUT2D eigenvalue weighted by atomic mass is 32.1. The molecule has 104 valence electrons. The van der Waals surface area contributed by atoms with Crippen molar-refractivity contribution in [3.8, 4) is 5.69 Å². The van der Waals surface area contributed by atoms with Gasteiger partial charge in [-0.2, -0.15) is 9.78 Å². The van der Waals surface area contributed by atoms with Crippen LogP contribution < -0.4 is 11.2 Å². The summed E-state index contributed by atoms with van der Waals surface area (Å²) in [5.74, 6) is 0.683. The normalized spacial score (nSPS) is 10.8. The Labute approximate surface area is 121 Å². The average molecular weight is 289 g/mol. The molecule has 7 nitrogen and oxygen atoms in total. The second-order valence-electron chi connectivity index (χ2n) is 4.02. The second-order valence-corrected chi connectivity index (χ2v) is 4.46. The number of tetrazole rings is 1. The summed E-state index contributed by atoms with van der Waals surface area (Å²) in [7, 11) is 0. The van der Waals surface area contributed by atoms with Gasteiger partial charge in [-0.05, 0) is 46.8 Å². The highest BCUT2D eigenvalue weighted by Gasteiger charge is 2.06. The van der Waals surface area contributed by atoms with E-state index in [1.807, 2.05) is 12.1 Å². The fraction of sp³-hybridized carbons (Fsp3) is 0.250. The Balaban J connectivity index is 2.11. The zero-order chi connectivity index (χ0) is 14.4. The summed E-state index contributed by atoms with van der Waals surface area (Å²) >= 11 is 4.64. The highest BCUT2D eigenvalue weighted by Crippen LogP contribution is 2.10. The Hall–Kier alpha value is -2.35. The van der Waals surface area contributed by atoms with Gasteiger partial charge in [-0.1, -0.05) is 19.1 Å². The first-order chi connectivity index (χ1) is 9.70. The van der Waals surface area contributed by atoms with Gasteiger partial charge in [0, 0.05) is 12.6 Å². The van der Waals surface area contributed by atoms with Crippen molar-refractivity contribution in [2.24, 2.45) is 10.8 Å². The molecule has 3 N–H and O–H groups in total. The molecule has 0 unspecified atom stereocenters. The molecule has 1 heterocycles. The molecule has 20 heavy (non-hydrogen) atoms. The van der Waals surface area contributed by atoms with Gasteiger partial charge in [0.15, 0.2) is 10.9 Å². The topological polar surface area (TPSA) is 94.0 Å². The van der Waals surface area contributed by atoms with Crippen LogP contribution in [0.25, 0.3) is 5.69 Å². The van der Waals surface area contributed by atoms with Gasteiger partial charge < -0.3 is 5.73 Å². The number of benzene rings is 1. The molecule has 8 heteroatoms. The van der Waals surface area contributed by atoms with Crippen LogP contribution in [-0.2, 0) is 12.8 Å². The van der Waals surface area contributed by atoms with E-state index < -0.39 is 0 Å². The van der Waals surface area contributed by atoms with Crippen LogP contribution in [0, 0.1) is 0 Å². The maximum absolute atomic E-state index is 5.26. The van der Waals surface area contributed by atoms with E-state index in [0.29, 0.717) is 12.2 Å². The highest BCUT2D eigenvalue weighted by molar-refractivity contribution is 7.80. The maximum Gasteiger partial charge on any atom is 0.184 e. The molecule has 0 atom stereocenters. The molecule has 0 aliphatic rings. The summed E-state index contributed by atoms with van der Waals surface area (Å²) < 4.78 is 1.67. The largest absolute Gasteiger partial charge is 0.375 e. The summed E-state index contributed by atoms with van der Waals surface area (Å²) in [5.41, 5.74) is 9.93. The second kappa shape index (κ2) is 6.71. The van der Waals surface area contributed by atoms with Crippen molar-refractivity contribution in [3.63, 3.8) is 0 Å². The van der Waals surface area contributed by atoms with Crippen molar-refractivity contribution in [2.75, 3.05) is 0 Å². The summed E-state index contributed by atoms with van der Waals surface area (Å²) in [6.45, 7) is 2.11. The quantitative estimate of drug-likeness (QED) is 0.475. The van der Waals surface area contributed by atoms with E-state index in [-0.39, 0.29) is 5.11 Å². The molecule has 0 radical (unpaired) electrons. The van der Waals surface area contributed by atoms with Crippen molar-refractivity contribution < 1.29 is 0 Å². The predicted octanol–water partition coefficient (Wildman–Crippen LogP) is 0.586. The Kier molecular flexibility index (Phi) is 4.72. The van der Waals surface area contributed by atoms with Crippen LogP contribution in [0.2, 0.25) is 0 Å². The van der Waals surface area contributed by atoms with Crippen LogP contribution >= 0.6 is 12.2 Å². The summed E-state index contributed by atoms with van der Waals surface area (Å²) in [5, 5.41) is 15.6. The first kappa shape index (κ1) is 14.1. The first-order valence-electron chi connectivity index (χ1n) is 6.14. The number of aromatic nitrogens is 4. The summed E-state index contributed by atoms with van der Waals surface area (Å²) in [4.78, 5) is 0. The number of hydrazone groups is 1. The molecular formula is C12H15N7S. The Morgan fingerprint density at radius 1 is 1.45 bits per heavy atom. The molecule has 0 aliphatic heterocycles. The zero-order valence-corrected chi connectivity index (χ0v) is 11.8. The van der Waals surface area contributed by atoms with E-state index >= 15 is 0 Å². The minimum Gasteiger partial charge on any atom is -0.375 e. The number of nitrogens with one attached hydrogen (secondary N) is 1. The molecule has 2 aromatic rings. The molecule has 0 bridgehead atoms. The number of nitrogens with zero attached hydrogens (tertiary/aromatic N) is 5. The molecule has 2 rings (SSSR count). The molecule has 0 aliphatic carbocycles. The standard InChI is InChI=1S/C12H15N7S/c1-2-9-3-5-10(6-4-9)19-11(15-17-18-19)7-8-14-16-12(13)20/h3-6,8H,2,7H2,1H3,(H3,13,16,20). The van der Waals surface area contributed by atoms with Crippen molar-refractivity contribution in [2.45, 2.75) is 19.8 Å². The van der Waals surface area contributed by atoms with Gasteiger partial charge in [0.25, 0.3) is 0 Å². The van der Waals surface area contributed by atoms with E-state index in [1.54, 1.807) is 10.9 Å². The van der Waals surface area contributed by atoms with Crippen LogP contribution in [0.15, 0.2) is 29.4 Å². The average Bonchev–Trinajstić information content (AvgIpc) is 2.92. The minimum absolute atomic E-state index is 0.121. The van der Waals surface area contributed by atoms with Gasteiger partial charge in [0.05, 0.1) is 5.69 Å². The van der Waals surface area contributed by atoms with Crippen molar-refractivity contribution in [1.29, 1.82) is 0 Å². The Morgan fingerprint density at radius 3 is 2.85 bits per heavy atom. The van der Waals surface area contributed by atoms with E-state index in [2.05, 4.69) is 57.3 Å². The molecule has 0 saturated heterocycles. The van der Waals surface area contributed by atoms with Gasteiger partial charge in [-0.3, -0.25) is 5.43 Å². The van der Waals surface area contributed by atoms with Crippen molar-refractivity contribution >= 4 is 23.5 Å². The van der Waals surface area contributed by atoms with Crippen LogP contribution in [0.5, 0.6) is 0 Å². The number of hydrogen-bond acceptors (Lipinski definition) is 5. The molecule has 0 saturated carbocycles. The lowest BCUT2D eigenvalue weighted by Gasteiger charge is -2.03. The third kappa shape index (κ3) is 3.58. The van der Waals surface area contributed by atoms with E-state index in [4.69, 9.17) is 5.73 Å². The smallest absolute Gasteiger partial charge is 0.184 e. The lowest BCUT2D eigenvalue weighted by molar-refractivity contribution is 0.775. The number of nitrogens with two attached hydrogens (primary N) is 1. The van der Waals surface area contributed by atoms with Gasteiger partial charge in [-0.25, -0.2) is 0 Å². The fourth-order valence-electron chi connectivity index (χ4n) is 1.64. The number of rotatable bonds is 5. The van der Waals surface area contributed by atoms with E-state index in [1.165, 1.54) is 5.56 Å². The Morgan fingerprint density at radius 2 is 2.20 bits per heavy atom. The first-order valence-corrected chi connectivity index (χ1v) is 6.55. The molecule has 0 spiro atoms. The summed E-state index contributed by atoms with van der Waals surface area (Å²) in [6, 6.07) is 8.10. The molecule has 1 aromatic heterocycles. The van der Waals surface area contributed by atoms with Crippen LogP contribution in [0.3, 0.4) is 0 Å². The van der Waals surface area contributed by atoms with Gasteiger partial charge in [0.2, 0.25) is 0 Å². The van der Waals surface area contributed by atoms with Gasteiger partial charge in [-0.15, -0.1) is 5.10 Å². The van der Waals surface area contributed by atoms with E-state index in [9.17, 15) is 0 Å². The molecule has 0 fully saturated rings. The number of thiocarbonyl (C=S) groups is 1. The van der Waals surface area contributed by atoms with E-state index in [0.717, 1.165) is 12.1 Å². The minimum atomic E-state index is 0.121. The monoisotopic (exact) mass is 289 g/mol. The maximum atomic E-state index is 5.26. The van der Waals surface area contributed by atoms with Crippen molar-refractivity contribution in [3.05, 3.63) is 35.7 Å². The lowest BCUT2D eigenvalue weighted by Crippen LogP contribution is -2.24. The Bertz CT molecular complexity index is 603. The van der Waals surface area contributed by atoms with Gasteiger partial charge in [0.1, 0.15) is 0 Å². The molecule has 0 amide bonds. The molecule has 1 aromatic carbocycles.